The summed E-state index contributed by atoms with van der Waals surface area (Å²) in [7, 11) is 0. The van der Waals surface area contributed by atoms with E-state index >= 15 is 0 Å². The summed E-state index contributed by atoms with van der Waals surface area (Å²) in [6, 6.07) is 0. The Labute approximate surface area is 79.4 Å². The lowest BCUT2D eigenvalue weighted by Crippen LogP contribution is -2.26. The van der Waals surface area contributed by atoms with Crippen LogP contribution in [-0.4, -0.2) is 9.97 Å². The summed E-state index contributed by atoms with van der Waals surface area (Å²) in [5.41, 5.74) is 2.87. The Hall–Kier alpha value is -0.920. The predicted octanol–water partition coefficient (Wildman–Crippen LogP) is 2.40. The molecule has 0 amide bonds. The van der Waals surface area contributed by atoms with Gasteiger partial charge in [0.2, 0.25) is 0 Å². The van der Waals surface area contributed by atoms with E-state index in [-0.39, 0.29) is 5.41 Å². The van der Waals surface area contributed by atoms with Crippen molar-refractivity contribution >= 4 is 0 Å². The second-order valence-electron chi connectivity index (χ2n) is 4.53. The lowest BCUT2D eigenvalue weighted by atomic mass is 9.76. The largest absolute Gasteiger partial charge is 0.241 e. The fourth-order valence-corrected chi connectivity index (χ4v) is 2.10. The van der Waals surface area contributed by atoms with Gasteiger partial charge in [0.25, 0.3) is 0 Å². The van der Waals surface area contributed by atoms with Gasteiger partial charge in [-0.3, -0.25) is 0 Å². The van der Waals surface area contributed by atoms with Crippen LogP contribution in [0.15, 0.2) is 6.20 Å². The standard InChI is InChI=1S/C11H16N2/c1-8-12-7-9-5-4-6-11(2,3)10(9)13-8/h7H,4-6H2,1-3H3. The molecule has 0 radical (unpaired) electrons. The van der Waals surface area contributed by atoms with Gasteiger partial charge in [-0.1, -0.05) is 13.8 Å². The van der Waals surface area contributed by atoms with E-state index in [1.807, 2.05) is 13.1 Å². The molecule has 0 fully saturated rings. The monoisotopic (exact) mass is 176 g/mol. The number of aromatic nitrogens is 2. The first-order valence-corrected chi connectivity index (χ1v) is 4.92. The number of nitrogens with zero attached hydrogens (tertiary/aromatic N) is 2. The Morgan fingerprint density at radius 2 is 2.15 bits per heavy atom. The highest BCUT2D eigenvalue weighted by Gasteiger charge is 2.28. The van der Waals surface area contributed by atoms with E-state index in [0.29, 0.717) is 0 Å². The minimum Gasteiger partial charge on any atom is -0.241 e. The number of hydrogen-bond acceptors (Lipinski definition) is 2. The maximum Gasteiger partial charge on any atom is 0.125 e. The Morgan fingerprint density at radius 1 is 1.38 bits per heavy atom. The summed E-state index contributed by atoms with van der Waals surface area (Å²) in [6.07, 6.45) is 5.67. The second-order valence-corrected chi connectivity index (χ2v) is 4.53. The first-order valence-electron chi connectivity index (χ1n) is 4.92. The summed E-state index contributed by atoms with van der Waals surface area (Å²) < 4.78 is 0. The molecule has 0 atom stereocenters. The zero-order valence-corrected chi connectivity index (χ0v) is 8.59. The van der Waals surface area contributed by atoms with Crippen molar-refractivity contribution in [1.29, 1.82) is 0 Å². The third-order valence-electron chi connectivity index (χ3n) is 2.87. The van der Waals surface area contributed by atoms with Crippen LogP contribution in [0.3, 0.4) is 0 Å². The first kappa shape index (κ1) is 8.67. The van der Waals surface area contributed by atoms with Crippen LogP contribution in [0.1, 0.15) is 43.8 Å². The Balaban J connectivity index is 2.55. The highest BCUT2D eigenvalue weighted by atomic mass is 14.9. The van der Waals surface area contributed by atoms with Crippen molar-refractivity contribution in [2.75, 3.05) is 0 Å². The predicted molar refractivity (Wildman–Crippen MR) is 52.7 cm³/mol. The van der Waals surface area contributed by atoms with Crippen molar-refractivity contribution in [3.63, 3.8) is 0 Å². The molecule has 1 aliphatic rings. The van der Waals surface area contributed by atoms with E-state index < -0.39 is 0 Å². The lowest BCUT2D eigenvalue weighted by molar-refractivity contribution is 0.415. The molecule has 1 heterocycles. The molecule has 0 saturated carbocycles. The van der Waals surface area contributed by atoms with Gasteiger partial charge in [0.15, 0.2) is 0 Å². The van der Waals surface area contributed by atoms with E-state index in [1.54, 1.807) is 0 Å². The highest BCUT2D eigenvalue weighted by Crippen LogP contribution is 2.34. The molecule has 2 heteroatoms. The van der Waals surface area contributed by atoms with Crippen LogP contribution in [0, 0.1) is 6.92 Å². The fourth-order valence-electron chi connectivity index (χ4n) is 2.10. The van der Waals surface area contributed by atoms with Crippen molar-refractivity contribution in [3.05, 3.63) is 23.3 Å². The quantitative estimate of drug-likeness (QED) is 0.606. The number of aryl methyl sites for hydroxylation is 2. The number of rotatable bonds is 0. The van der Waals surface area contributed by atoms with Crippen LogP contribution >= 0.6 is 0 Å². The van der Waals surface area contributed by atoms with Gasteiger partial charge in [0, 0.05) is 11.6 Å². The molecule has 13 heavy (non-hydrogen) atoms. The fraction of sp³-hybridized carbons (Fsp3) is 0.636. The number of hydrogen-bond donors (Lipinski definition) is 0. The zero-order valence-electron chi connectivity index (χ0n) is 8.59. The molecule has 0 bridgehead atoms. The molecule has 2 nitrogen and oxygen atoms in total. The molecule has 2 rings (SSSR count). The minimum absolute atomic E-state index is 0.251. The van der Waals surface area contributed by atoms with Crippen LogP contribution in [0.5, 0.6) is 0 Å². The van der Waals surface area contributed by atoms with Gasteiger partial charge < -0.3 is 0 Å². The Kier molecular flexibility index (Phi) is 1.86. The highest BCUT2D eigenvalue weighted by molar-refractivity contribution is 5.27. The minimum atomic E-state index is 0.251. The average Bonchev–Trinajstić information content (AvgIpc) is 2.06. The third-order valence-corrected chi connectivity index (χ3v) is 2.87. The molecule has 1 aliphatic carbocycles. The van der Waals surface area contributed by atoms with E-state index in [4.69, 9.17) is 0 Å². The molecule has 70 valence electrons. The molecule has 0 aromatic carbocycles. The van der Waals surface area contributed by atoms with Gasteiger partial charge in [0.1, 0.15) is 5.82 Å². The van der Waals surface area contributed by atoms with Gasteiger partial charge in [-0.05, 0) is 31.7 Å². The average molecular weight is 176 g/mol. The normalized spacial score (nSPS) is 19.6. The summed E-state index contributed by atoms with van der Waals surface area (Å²) >= 11 is 0. The lowest BCUT2D eigenvalue weighted by Gasteiger charge is -2.30. The number of fused-ring (bicyclic) bond motifs is 1. The molecule has 0 N–H and O–H groups in total. The van der Waals surface area contributed by atoms with Gasteiger partial charge in [-0.25, -0.2) is 9.97 Å². The maximum absolute atomic E-state index is 4.56. The van der Waals surface area contributed by atoms with Crippen LogP contribution in [0.2, 0.25) is 0 Å². The van der Waals surface area contributed by atoms with E-state index in [9.17, 15) is 0 Å². The van der Waals surface area contributed by atoms with Crippen molar-refractivity contribution in [2.45, 2.75) is 45.4 Å². The van der Waals surface area contributed by atoms with Crippen LogP contribution in [0.4, 0.5) is 0 Å². The van der Waals surface area contributed by atoms with E-state index in [2.05, 4.69) is 23.8 Å². The van der Waals surface area contributed by atoms with E-state index in [1.165, 1.54) is 24.1 Å². The van der Waals surface area contributed by atoms with E-state index in [0.717, 1.165) is 12.2 Å². The summed E-state index contributed by atoms with van der Waals surface area (Å²) in [5.74, 6) is 0.897. The summed E-state index contributed by atoms with van der Waals surface area (Å²) in [4.78, 5) is 8.80. The zero-order chi connectivity index (χ0) is 9.47. The molecule has 0 saturated heterocycles. The van der Waals surface area contributed by atoms with Crippen molar-refractivity contribution < 1.29 is 0 Å². The van der Waals surface area contributed by atoms with Crippen LogP contribution in [-0.2, 0) is 11.8 Å². The summed E-state index contributed by atoms with van der Waals surface area (Å²) in [6.45, 7) is 6.51. The van der Waals surface area contributed by atoms with Crippen molar-refractivity contribution in [2.24, 2.45) is 0 Å². The molecule has 1 aromatic heterocycles. The second kappa shape index (κ2) is 2.79. The molecular weight excluding hydrogens is 160 g/mol. The third kappa shape index (κ3) is 1.45. The Bertz CT molecular complexity index is 329. The molecule has 0 aliphatic heterocycles. The summed E-state index contributed by atoms with van der Waals surface area (Å²) in [5, 5.41) is 0. The molecule has 0 unspecified atom stereocenters. The molecular formula is C11H16N2. The van der Waals surface area contributed by atoms with Crippen LogP contribution < -0.4 is 0 Å². The van der Waals surface area contributed by atoms with Gasteiger partial charge >= 0.3 is 0 Å². The molecule has 0 spiro atoms. The molecule has 1 aromatic rings. The SMILES string of the molecule is Cc1ncc2c(n1)C(C)(C)CCC2. The first-order chi connectivity index (χ1) is 6.09. The van der Waals surface area contributed by atoms with Gasteiger partial charge in [0.05, 0.1) is 5.69 Å². The van der Waals surface area contributed by atoms with Crippen molar-refractivity contribution in [1.82, 2.24) is 9.97 Å². The van der Waals surface area contributed by atoms with Crippen molar-refractivity contribution in [3.8, 4) is 0 Å². The maximum atomic E-state index is 4.56. The Morgan fingerprint density at radius 3 is 2.92 bits per heavy atom. The topological polar surface area (TPSA) is 25.8 Å². The van der Waals surface area contributed by atoms with Gasteiger partial charge in [-0.15, -0.1) is 0 Å². The van der Waals surface area contributed by atoms with Gasteiger partial charge in [-0.2, -0.15) is 0 Å². The van der Waals surface area contributed by atoms with Crippen LogP contribution in [0.25, 0.3) is 0 Å². The smallest absolute Gasteiger partial charge is 0.125 e.